The maximum Gasteiger partial charge on any atom is 0.258 e. The highest BCUT2D eigenvalue weighted by Gasteiger charge is 2.38. The lowest BCUT2D eigenvalue weighted by molar-refractivity contribution is -0.138. The summed E-state index contributed by atoms with van der Waals surface area (Å²) in [4.78, 5) is 14.4. The third-order valence-corrected chi connectivity index (χ3v) is 3.85. The summed E-state index contributed by atoms with van der Waals surface area (Å²) in [6.45, 7) is 4.46. The van der Waals surface area contributed by atoms with Crippen LogP contribution in [0, 0.1) is 0 Å². The number of hydrogen-bond donors (Lipinski definition) is 1. The zero-order valence-corrected chi connectivity index (χ0v) is 11.2. The van der Waals surface area contributed by atoms with Crippen LogP contribution in [0.15, 0.2) is 18.2 Å². The Kier molecular flexibility index (Phi) is 3.30. The van der Waals surface area contributed by atoms with E-state index < -0.39 is 5.60 Å². The van der Waals surface area contributed by atoms with Gasteiger partial charge in [0.2, 0.25) is 0 Å². The van der Waals surface area contributed by atoms with Crippen LogP contribution in [0.3, 0.4) is 0 Å². The Morgan fingerprint density at radius 2 is 2.28 bits per heavy atom. The molecule has 0 aromatic heterocycles. The van der Waals surface area contributed by atoms with Crippen molar-refractivity contribution in [3.8, 4) is 0 Å². The third kappa shape index (κ3) is 1.86. The van der Waals surface area contributed by atoms with Crippen LogP contribution < -0.4 is 10.6 Å². The van der Waals surface area contributed by atoms with E-state index in [9.17, 15) is 4.79 Å². The van der Waals surface area contributed by atoms with Gasteiger partial charge in [-0.05, 0) is 31.4 Å². The molecule has 0 fully saturated rings. The molecule has 1 aliphatic rings. The highest BCUT2D eigenvalue weighted by Crippen LogP contribution is 2.35. The van der Waals surface area contributed by atoms with Crippen molar-refractivity contribution < 1.29 is 9.53 Å². The second-order valence-electron chi connectivity index (χ2n) is 4.85. The summed E-state index contributed by atoms with van der Waals surface area (Å²) in [7, 11) is 1.58. The molecule has 1 unspecified atom stereocenters. The van der Waals surface area contributed by atoms with E-state index in [1.54, 1.807) is 12.0 Å². The summed E-state index contributed by atoms with van der Waals surface area (Å²) in [5.74, 6) is -0.0100. The van der Waals surface area contributed by atoms with Gasteiger partial charge in [0.15, 0.2) is 0 Å². The molecule has 4 nitrogen and oxygen atoms in total. The van der Waals surface area contributed by atoms with Crippen LogP contribution in [0.25, 0.3) is 0 Å². The SMILES string of the molecule is CCC(C)(OC)C(=O)N1CCc2cccc(N)c21. The summed E-state index contributed by atoms with van der Waals surface area (Å²) in [6, 6.07) is 5.78. The van der Waals surface area contributed by atoms with E-state index in [4.69, 9.17) is 10.5 Å². The third-order valence-electron chi connectivity index (χ3n) is 3.85. The first kappa shape index (κ1) is 12.9. The van der Waals surface area contributed by atoms with Crippen LogP contribution in [0.4, 0.5) is 11.4 Å². The van der Waals surface area contributed by atoms with Crippen LogP contribution in [0.2, 0.25) is 0 Å². The van der Waals surface area contributed by atoms with Gasteiger partial charge in [-0.1, -0.05) is 19.1 Å². The van der Waals surface area contributed by atoms with Gasteiger partial charge in [0.05, 0.1) is 11.4 Å². The lowest BCUT2D eigenvalue weighted by Crippen LogP contribution is -2.47. The fourth-order valence-corrected chi connectivity index (χ4v) is 2.36. The quantitative estimate of drug-likeness (QED) is 0.832. The second kappa shape index (κ2) is 4.61. The average Bonchev–Trinajstić information content (AvgIpc) is 2.82. The minimum Gasteiger partial charge on any atom is -0.397 e. The van der Waals surface area contributed by atoms with Gasteiger partial charge in [-0.3, -0.25) is 4.79 Å². The predicted molar refractivity (Wildman–Crippen MR) is 72.6 cm³/mol. The van der Waals surface area contributed by atoms with Gasteiger partial charge in [-0.2, -0.15) is 0 Å². The Hall–Kier alpha value is -1.55. The predicted octanol–water partition coefficient (Wildman–Crippen LogP) is 1.97. The van der Waals surface area contributed by atoms with Crippen LogP contribution in [-0.2, 0) is 16.0 Å². The summed E-state index contributed by atoms with van der Waals surface area (Å²) in [5.41, 5.74) is 7.88. The Labute approximate surface area is 108 Å². The number of anilines is 2. The van der Waals surface area contributed by atoms with Gasteiger partial charge in [0.25, 0.3) is 5.91 Å². The number of carbonyl (C=O) groups excluding carboxylic acids is 1. The van der Waals surface area contributed by atoms with Gasteiger partial charge < -0.3 is 15.4 Å². The van der Waals surface area contributed by atoms with Crippen molar-refractivity contribution >= 4 is 17.3 Å². The second-order valence-corrected chi connectivity index (χ2v) is 4.85. The highest BCUT2D eigenvalue weighted by atomic mass is 16.5. The number of para-hydroxylation sites is 1. The van der Waals surface area contributed by atoms with Gasteiger partial charge in [0, 0.05) is 13.7 Å². The summed E-state index contributed by atoms with van der Waals surface area (Å²) < 4.78 is 5.38. The molecule has 1 aromatic rings. The Morgan fingerprint density at radius 1 is 1.56 bits per heavy atom. The number of nitrogens with zero attached hydrogens (tertiary/aromatic N) is 1. The van der Waals surface area contributed by atoms with Crippen molar-refractivity contribution in [1.29, 1.82) is 0 Å². The Balaban J connectivity index is 2.37. The molecule has 0 saturated heterocycles. The molecule has 4 heteroatoms. The molecule has 1 heterocycles. The molecular weight excluding hydrogens is 228 g/mol. The smallest absolute Gasteiger partial charge is 0.258 e. The number of benzene rings is 1. The van der Waals surface area contributed by atoms with Gasteiger partial charge in [0.1, 0.15) is 5.60 Å². The summed E-state index contributed by atoms with van der Waals surface area (Å²) in [5, 5.41) is 0. The lowest BCUT2D eigenvalue weighted by atomic mass is 10.0. The normalized spacial score (nSPS) is 17.4. The lowest BCUT2D eigenvalue weighted by Gasteiger charge is -2.31. The number of amides is 1. The van der Waals surface area contributed by atoms with Crippen molar-refractivity contribution in [2.24, 2.45) is 0 Å². The standard InChI is InChI=1S/C14H20N2O2/c1-4-14(2,18-3)13(17)16-9-8-10-6-5-7-11(15)12(10)16/h5-7H,4,8-9,15H2,1-3H3. The number of methoxy groups -OCH3 is 1. The average molecular weight is 248 g/mol. The fourth-order valence-electron chi connectivity index (χ4n) is 2.36. The number of nitrogens with two attached hydrogens (primary N) is 1. The number of fused-ring (bicyclic) bond motifs is 1. The molecule has 1 aromatic carbocycles. The van der Waals surface area contributed by atoms with E-state index in [0.717, 1.165) is 17.7 Å². The van der Waals surface area contributed by atoms with Crippen LogP contribution in [0.1, 0.15) is 25.8 Å². The van der Waals surface area contributed by atoms with Crippen molar-refractivity contribution in [2.75, 3.05) is 24.3 Å². The van der Waals surface area contributed by atoms with E-state index in [2.05, 4.69) is 0 Å². The summed E-state index contributed by atoms with van der Waals surface area (Å²) in [6.07, 6.45) is 1.50. The minimum absolute atomic E-state index is 0.0100. The van der Waals surface area contributed by atoms with Gasteiger partial charge >= 0.3 is 0 Å². The van der Waals surface area contributed by atoms with E-state index in [1.807, 2.05) is 32.0 Å². The maximum atomic E-state index is 12.6. The molecule has 1 atom stereocenters. The van der Waals surface area contributed by atoms with Gasteiger partial charge in [-0.25, -0.2) is 0 Å². The number of carbonyl (C=O) groups is 1. The Bertz CT molecular complexity index is 467. The van der Waals surface area contributed by atoms with E-state index in [1.165, 1.54) is 0 Å². The molecule has 2 N–H and O–H groups in total. The number of ether oxygens (including phenoxy) is 1. The molecule has 1 amide bonds. The zero-order valence-electron chi connectivity index (χ0n) is 11.2. The van der Waals surface area contributed by atoms with Crippen molar-refractivity contribution in [1.82, 2.24) is 0 Å². The molecule has 0 saturated carbocycles. The Morgan fingerprint density at radius 3 is 2.89 bits per heavy atom. The molecule has 0 spiro atoms. The molecule has 1 aliphatic heterocycles. The molecule has 0 radical (unpaired) electrons. The highest BCUT2D eigenvalue weighted by molar-refractivity contribution is 6.03. The minimum atomic E-state index is -0.774. The largest absolute Gasteiger partial charge is 0.397 e. The maximum absolute atomic E-state index is 12.6. The van der Waals surface area contributed by atoms with Crippen molar-refractivity contribution in [2.45, 2.75) is 32.3 Å². The first-order valence-corrected chi connectivity index (χ1v) is 6.28. The number of nitrogen functional groups attached to an aromatic ring is 1. The summed E-state index contributed by atoms with van der Waals surface area (Å²) >= 11 is 0. The topological polar surface area (TPSA) is 55.6 Å². The van der Waals surface area contributed by atoms with Crippen LogP contribution >= 0.6 is 0 Å². The van der Waals surface area contributed by atoms with Crippen LogP contribution in [-0.4, -0.2) is 25.2 Å². The van der Waals surface area contributed by atoms with E-state index in [-0.39, 0.29) is 5.91 Å². The molecule has 18 heavy (non-hydrogen) atoms. The molecule has 2 rings (SSSR count). The van der Waals surface area contributed by atoms with Crippen molar-refractivity contribution in [3.05, 3.63) is 23.8 Å². The van der Waals surface area contributed by atoms with E-state index in [0.29, 0.717) is 18.7 Å². The number of hydrogen-bond acceptors (Lipinski definition) is 3. The molecule has 98 valence electrons. The molecule has 0 bridgehead atoms. The van der Waals surface area contributed by atoms with Crippen LogP contribution in [0.5, 0.6) is 0 Å². The van der Waals surface area contributed by atoms with Gasteiger partial charge in [-0.15, -0.1) is 0 Å². The van der Waals surface area contributed by atoms with E-state index >= 15 is 0 Å². The number of rotatable bonds is 3. The van der Waals surface area contributed by atoms with Crippen molar-refractivity contribution in [3.63, 3.8) is 0 Å². The monoisotopic (exact) mass is 248 g/mol. The zero-order chi connectivity index (χ0) is 13.3. The fraction of sp³-hybridized carbons (Fsp3) is 0.500. The first-order chi connectivity index (χ1) is 8.53. The molecular formula is C14H20N2O2. The first-order valence-electron chi connectivity index (χ1n) is 6.28. The molecule has 0 aliphatic carbocycles.